The minimum atomic E-state index is -4.29. The van der Waals surface area contributed by atoms with Crippen LogP contribution in [0.5, 0.6) is 0 Å². The van der Waals surface area contributed by atoms with E-state index in [1.165, 1.54) is 12.1 Å². The molecule has 182 valence electrons. The predicted octanol–water partition coefficient (Wildman–Crippen LogP) is -1.83. The Morgan fingerprint density at radius 1 is 0.938 bits per heavy atom. The van der Waals surface area contributed by atoms with Crippen molar-refractivity contribution in [2.45, 2.75) is 30.6 Å². The number of rotatable bonds is 9. The maximum absolute atomic E-state index is 12.6. The Kier molecular flexibility index (Phi) is 8.38. The van der Waals surface area contributed by atoms with Gasteiger partial charge in [0.1, 0.15) is 24.4 Å². The summed E-state index contributed by atoms with van der Waals surface area (Å²) in [6, 6.07) is 6.00. The number of amides is 1. The van der Waals surface area contributed by atoms with Crippen LogP contribution in [0.25, 0.3) is 0 Å². The minimum Gasteiger partial charge on any atom is -0.366 e. The molecule has 1 amide bonds. The first-order chi connectivity index (χ1) is 14.6. The first kappa shape index (κ1) is 26.6. The molecule has 1 fully saturated rings. The molecule has 13 nitrogen and oxygen atoms in total. The first-order valence-electron chi connectivity index (χ1n) is 8.86. The zero-order valence-electron chi connectivity index (χ0n) is 17.1. The highest BCUT2D eigenvalue weighted by atomic mass is 32.2. The maximum atomic E-state index is 12.6. The van der Waals surface area contributed by atoms with E-state index in [-0.39, 0.29) is 5.56 Å². The van der Waals surface area contributed by atoms with E-state index in [0.29, 0.717) is 18.8 Å². The lowest BCUT2D eigenvalue weighted by atomic mass is 9.96. The van der Waals surface area contributed by atoms with Crippen LogP contribution in [0.15, 0.2) is 30.3 Å². The topological polar surface area (TPSA) is 189 Å². The molecule has 0 aromatic heterocycles. The van der Waals surface area contributed by atoms with Crippen LogP contribution in [0, 0.1) is 0 Å². The molecule has 0 aliphatic carbocycles. The third-order valence-electron chi connectivity index (χ3n) is 4.02. The predicted molar refractivity (Wildman–Crippen MR) is 109 cm³/mol. The molecule has 5 atom stereocenters. The largest absolute Gasteiger partial charge is 0.366 e. The molecule has 2 N–H and O–H groups in total. The van der Waals surface area contributed by atoms with Crippen molar-refractivity contribution in [3.63, 3.8) is 0 Å². The summed E-state index contributed by atoms with van der Waals surface area (Å²) < 4.78 is 89.6. The Balaban J connectivity index is 2.44. The lowest BCUT2D eigenvalue weighted by Gasteiger charge is -2.43. The Bertz CT molecular complexity index is 1120. The van der Waals surface area contributed by atoms with E-state index in [9.17, 15) is 35.2 Å². The molecule has 1 aromatic rings. The van der Waals surface area contributed by atoms with E-state index >= 15 is 0 Å². The van der Waals surface area contributed by atoms with Gasteiger partial charge in [-0.05, 0) is 12.1 Å². The molecular weight excluding hydrogens is 494 g/mol. The molecule has 1 aromatic carbocycles. The molecule has 16 heteroatoms. The van der Waals surface area contributed by atoms with E-state index < -0.39 is 73.5 Å². The van der Waals surface area contributed by atoms with Crippen molar-refractivity contribution in [1.29, 1.82) is 0 Å². The molecule has 3 unspecified atom stereocenters. The fourth-order valence-corrected chi connectivity index (χ4v) is 4.51. The monoisotopic (exact) mass is 517 g/mol. The van der Waals surface area contributed by atoms with Gasteiger partial charge in [-0.15, -0.1) is 0 Å². The summed E-state index contributed by atoms with van der Waals surface area (Å²) in [6.07, 6.45) is -5.17. The summed E-state index contributed by atoms with van der Waals surface area (Å²) in [5.74, 6) is -0.760. The second-order valence-electron chi connectivity index (χ2n) is 6.95. The van der Waals surface area contributed by atoms with E-state index in [1.807, 2.05) is 0 Å². The number of carbonyl (C=O) groups excluding carboxylic acids is 1. The van der Waals surface area contributed by atoms with Crippen LogP contribution in [0.2, 0.25) is 0 Å². The molecule has 1 aliphatic rings. The molecule has 0 radical (unpaired) electrons. The minimum absolute atomic E-state index is 0.140. The molecule has 1 heterocycles. The Labute approximate surface area is 186 Å². The third-order valence-corrected chi connectivity index (χ3v) is 5.73. The number of benzene rings is 1. The lowest BCUT2D eigenvalue weighted by Crippen LogP contribution is -2.66. The standard InChI is InChI=1S/C16H23NO12S3/c1-30(20,21)26-9-11-13(28-31(2,22)23)14(29-32(3,24)25)12(16(19)27-11)17-15(18)10-7-5-4-6-8-10/h4-8,11-14,16,19H,9H2,1-3H3,(H,17,18)/t11?,12?,13-,14-,16?/m1/s1. The Morgan fingerprint density at radius 2 is 1.47 bits per heavy atom. The fraction of sp³-hybridized carbons (Fsp3) is 0.562. The quantitative estimate of drug-likeness (QED) is 0.349. The maximum Gasteiger partial charge on any atom is 0.264 e. The summed E-state index contributed by atoms with van der Waals surface area (Å²) >= 11 is 0. The molecule has 32 heavy (non-hydrogen) atoms. The molecule has 0 spiro atoms. The van der Waals surface area contributed by atoms with Crippen LogP contribution in [-0.4, -0.2) is 92.3 Å². The Morgan fingerprint density at radius 3 is 1.97 bits per heavy atom. The van der Waals surface area contributed by atoms with Gasteiger partial charge in [0.2, 0.25) is 0 Å². The van der Waals surface area contributed by atoms with Crippen molar-refractivity contribution in [1.82, 2.24) is 5.32 Å². The number of hydrogen-bond acceptors (Lipinski definition) is 12. The van der Waals surface area contributed by atoms with E-state index in [0.717, 1.165) is 0 Å². The zero-order chi connectivity index (χ0) is 24.3. The van der Waals surface area contributed by atoms with Gasteiger partial charge in [-0.2, -0.15) is 25.3 Å². The number of aliphatic hydroxyl groups is 1. The lowest BCUT2D eigenvalue weighted by molar-refractivity contribution is -0.239. The normalized spacial score (nSPS) is 27.1. The highest BCUT2D eigenvalue weighted by Crippen LogP contribution is 2.28. The number of ether oxygens (including phenoxy) is 1. The second-order valence-corrected chi connectivity index (χ2v) is 11.8. The van der Waals surface area contributed by atoms with Gasteiger partial charge in [0.25, 0.3) is 36.3 Å². The summed E-state index contributed by atoms with van der Waals surface area (Å²) in [6.45, 7) is -0.834. The van der Waals surface area contributed by atoms with Crippen LogP contribution in [-0.2, 0) is 47.6 Å². The summed E-state index contributed by atoms with van der Waals surface area (Å²) in [7, 11) is -12.6. The number of hydrogen-bond donors (Lipinski definition) is 2. The second kappa shape index (κ2) is 10.1. The van der Waals surface area contributed by atoms with Gasteiger partial charge in [-0.25, -0.2) is 0 Å². The highest BCUT2D eigenvalue weighted by molar-refractivity contribution is 7.86. The molecule has 2 rings (SSSR count). The van der Waals surface area contributed by atoms with Crippen molar-refractivity contribution in [2.75, 3.05) is 25.4 Å². The van der Waals surface area contributed by atoms with Gasteiger partial charge in [0, 0.05) is 5.56 Å². The van der Waals surface area contributed by atoms with Gasteiger partial charge in [0.05, 0.1) is 25.4 Å². The van der Waals surface area contributed by atoms with E-state index in [1.54, 1.807) is 18.2 Å². The highest BCUT2D eigenvalue weighted by Gasteiger charge is 2.51. The van der Waals surface area contributed by atoms with Crippen molar-refractivity contribution in [2.24, 2.45) is 0 Å². The molecule has 0 bridgehead atoms. The number of carbonyl (C=O) groups is 1. The number of aliphatic hydroxyl groups excluding tert-OH is 1. The molecular formula is C16H23NO12S3. The van der Waals surface area contributed by atoms with Gasteiger partial charge in [0.15, 0.2) is 6.29 Å². The third kappa shape index (κ3) is 8.36. The van der Waals surface area contributed by atoms with Crippen molar-refractivity contribution in [3.8, 4) is 0 Å². The van der Waals surface area contributed by atoms with Crippen LogP contribution in [0.4, 0.5) is 0 Å². The van der Waals surface area contributed by atoms with Crippen molar-refractivity contribution >= 4 is 36.3 Å². The molecule has 1 saturated heterocycles. The van der Waals surface area contributed by atoms with Crippen molar-refractivity contribution < 1.29 is 52.4 Å². The molecule has 0 saturated carbocycles. The average molecular weight is 518 g/mol. The van der Waals surface area contributed by atoms with Crippen LogP contribution < -0.4 is 5.32 Å². The van der Waals surface area contributed by atoms with Gasteiger partial charge in [-0.1, -0.05) is 18.2 Å². The number of nitrogens with one attached hydrogen (secondary N) is 1. The smallest absolute Gasteiger partial charge is 0.264 e. The summed E-state index contributed by atoms with van der Waals surface area (Å²) in [5, 5.41) is 12.8. The average Bonchev–Trinajstić information content (AvgIpc) is 2.63. The molecule has 1 aliphatic heterocycles. The SMILES string of the molecule is CS(=O)(=O)OCC1OC(O)C(NC(=O)c2ccccc2)[C@@H](OS(C)(=O)=O)[C@@H]1OS(C)(=O)=O. The van der Waals surface area contributed by atoms with Crippen molar-refractivity contribution in [3.05, 3.63) is 35.9 Å². The van der Waals surface area contributed by atoms with Crippen LogP contribution >= 0.6 is 0 Å². The summed E-state index contributed by atoms with van der Waals surface area (Å²) in [5.41, 5.74) is 0.140. The zero-order valence-corrected chi connectivity index (χ0v) is 19.6. The van der Waals surface area contributed by atoms with Crippen LogP contribution in [0.3, 0.4) is 0 Å². The van der Waals surface area contributed by atoms with Crippen LogP contribution in [0.1, 0.15) is 10.4 Å². The van der Waals surface area contributed by atoms with E-state index in [4.69, 9.17) is 13.1 Å². The fourth-order valence-electron chi connectivity index (χ4n) is 2.86. The van der Waals surface area contributed by atoms with Gasteiger partial charge in [-0.3, -0.25) is 17.3 Å². The Hall–Kier alpha value is -1.66. The van der Waals surface area contributed by atoms with Gasteiger partial charge >= 0.3 is 0 Å². The van der Waals surface area contributed by atoms with Gasteiger partial charge < -0.3 is 15.2 Å². The summed E-state index contributed by atoms with van der Waals surface area (Å²) in [4.78, 5) is 12.6. The van der Waals surface area contributed by atoms with E-state index in [2.05, 4.69) is 9.50 Å². The first-order valence-corrected chi connectivity index (χ1v) is 14.3.